The molecule has 1 aromatic heterocycles. The minimum atomic E-state index is -0.140. The Morgan fingerprint density at radius 1 is 1.07 bits per heavy atom. The lowest BCUT2D eigenvalue weighted by molar-refractivity contribution is 0.617. The van der Waals surface area contributed by atoms with Crippen LogP contribution in [0.15, 0.2) is 53.7 Å². The summed E-state index contributed by atoms with van der Waals surface area (Å²) in [6.07, 6.45) is 3.48. The van der Waals surface area contributed by atoms with Crippen LogP contribution in [-0.4, -0.2) is 4.98 Å². The molecule has 3 heteroatoms. The van der Waals surface area contributed by atoms with Crippen molar-refractivity contribution < 1.29 is 4.39 Å². The first-order valence-corrected chi connectivity index (χ1v) is 5.61. The zero-order valence-electron chi connectivity index (χ0n) is 8.06. The second-order valence-corrected chi connectivity index (χ2v) is 4.11. The molecule has 2 aromatic rings. The SMILES string of the molecule is Fc1ccccc1CSc1ccncc1. The molecule has 0 spiro atoms. The molecule has 0 saturated carbocycles. The minimum Gasteiger partial charge on any atom is -0.265 e. The molecular formula is C12H10FNS. The lowest BCUT2D eigenvalue weighted by atomic mass is 10.2. The van der Waals surface area contributed by atoms with Crippen molar-refractivity contribution >= 4 is 11.8 Å². The number of benzene rings is 1. The van der Waals surface area contributed by atoms with Gasteiger partial charge in [-0.05, 0) is 23.8 Å². The van der Waals surface area contributed by atoms with Crippen LogP contribution in [0.3, 0.4) is 0 Å². The van der Waals surface area contributed by atoms with Gasteiger partial charge in [-0.1, -0.05) is 18.2 Å². The van der Waals surface area contributed by atoms with Crippen LogP contribution in [0.5, 0.6) is 0 Å². The van der Waals surface area contributed by atoms with Crippen molar-refractivity contribution in [2.75, 3.05) is 0 Å². The van der Waals surface area contributed by atoms with Crippen molar-refractivity contribution in [2.24, 2.45) is 0 Å². The highest BCUT2D eigenvalue weighted by Gasteiger charge is 2.00. The first-order valence-electron chi connectivity index (χ1n) is 4.62. The molecule has 0 aliphatic heterocycles. The van der Waals surface area contributed by atoms with E-state index in [-0.39, 0.29) is 5.82 Å². The summed E-state index contributed by atoms with van der Waals surface area (Å²) in [5.41, 5.74) is 0.735. The Labute approximate surface area is 92.4 Å². The van der Waals surface area contributed by atoms with E-state index in [1.165, 1.54) is 6.07 Å². The lowest BCUT2D eigenvalue weighted by Crippen LogP contribution is -1.86. The van der Waals surface area contributed by atoms with Gasteiger partial charge in [0.2, 0.25) is 0 Å². The third-order valence-corrected chi connectivity index (χ3v) is 3.06. The van der Waals surface area contributed by atoms with Gasteiger partial charge in [0.15, 0.2) is 0 Å². The number of pyridine rings is 1. The van der Waals surface area contributed by atoms with E-state index in [4.69, 9.17) is 0 Å². The highest BCUT2D eigenvalue weighted by atomic mass is 32.2. The number of nitrogens with zero attached hydrogens (tertiary/aromatic N) is 1. The van der Waals surface area contributed by atoms with Crippen LogP contribution in [0.4, 0.5) is 4.39 Å². The normalized spacial score (nSPS) is 10.2. The van der Waals surface area contributed by atoms with Crippen LogP contribution in [0.25, 0.3) is 0 Å². The second-order valence-electron chi connectivity index (χ2n) is 3.06. The molecule has 1 heterocycles. The summed E-state index contributed by atoms with van der Waals surface area (Å²) < 4.78 is 13.3. The van der Waals surface area contributed by atoms with Crippen LogP contribution in [-0.2, 0) is 5.75 Å². The Bertz CT molecular complexity index is 431. The summed E-state index contributed by atoms with van der Waals surface area (Å²) in [6, 6.07) is 10.7. The molecule has 0 aliphatic rings. The van der Waals surface area contributed by atoms with Crippen LogP contribution >= 0.6 is 11.8 Å². The highest BCUT2D eigenvalue weighted by Crippen LogP contribution is 2.22. The molecule has 76 valence electrons. The van der Waals surface area contributed by atoms with Gasteiger partial charge in [-0.3, -0.25) is 4.98 Å². The fourth-order valence-electron chi connectivity index (χ4n) is 1.21. The Balaban J connectivity index is 2.03. The molecule has 0 radical (unpaired) electrons. The van der Waals surface area contributed by atoms with Gasteiger partial charge >= 0.3 is 0 Å². The summed E-state index contributed by atoms with van der Waals surface area (Å²) in [4.78, 5) is 5.04. The average Bonchev–Trinajstić information content (AvgIpc) is 2.29. The summed E-state index contributed by atoms with van der Waals surface area (Å²) in [5.74, 6) is 0.510. The summed E-state index contributed by atoms with van der Waals surface area (Å²) in [6.45, 7) is 0. The quantitative estimate of drug-likeness (QED) is 0.733. The van der Waals surface area contributed by atoms with Crippen molar-refractivity contribution in [3.8, 4) is 0 Å². The maximum Gasteiger partial charge on any atom is 0.127 e. The molecule has 0 aliphatic carbocycles. The number of aromatic nitrogens is 1. The van der Waals surface area contributed by atoms with Crippen molar-refractivity contribution in [3.05, 3.63) is 60.2 Å². The predicted octanol–water partition coefficient (Wildman–Crippen LogP) is 3.51. The van der Waals surface area contributed by atoms with Gasteiger partial charge in [-0.15, -0.1) is 11.8 Å². The zero-order valence-corrected chi connectivity index (χ0v) is 8.88. The largest absolute Gasteiger partial charge is 0.265 e. The average molecular weight is 219 g/mol. The second kappa shape index (κ2) is 4.94. The number of halogens is 1. The third kappa shape index (κ3) is 2.80. The predicted molar refractivity (Wildman–Crippen MR) is 60.2 cm³/mol. The van der Waals surface area contributed by atoms with Gasteiger partial charge in [0, 0.05) is 23.0 Å². The topological polar surface area (TPSA) is 12.9 Å². The molecular weight excluding hydrogens is 209 g/mol. The monoisotopic (exact) mass is 219 g/mol. The van der Waals surface area contributed by atoms with E-state index in [2.05, 4.69) is 4.98 Å². The van der Waals surface area contributed by atoms with E-state index in [9.17, 15) is 4.39 Å². The maximum atomic E-state index is 13.3. The molecule has 0 bridgehead atoms. The number of rotatable bonds is 3. The van der Waals surface area contributed by atoms with E-state index in [1.54, 1.807) is 30.2 Å². The molecule has 0 saturated heterocycles. The fraction of sp³-hybridized carbons (Fsp3) is 0.0833. The molecule has 1 aromatic carbocycles. The van der Waals surface area contributed by atoms with E-state index >= 15 is 0 Å². The van der Waals surface area contributed by atoms with E-state index in [0.29, 0.717) is 5.75 Å². The standard InChI is InChI=1S/C12H10FNS/c13-12-4-2-1-3-10(12)9-15-11-5-7-14-8-6-11/h1-8H,9H2. The number of thioether (sulfide) groups is 1. The lowest BCUT2D eigenvalue weighted by Gasteiger charge is -2.02. The van der Waals surface area contributed by atoms with Gasteiger partial charge in [-0.25, -0.2) is 4.39 Å². The van der Waals surface area contributed by atoms with Gasteiger partial charge in [0.25, 0.3) is 0 Å². The van der Waals surface area contributed by atoms with Crippen molar-refractivity contribution in [1.82, 2.24) is 4.98 Å². The molecule has 0 fully saturated rings. The number of hydrogen-bond donors (Lipinski definition) is 0. The maximum absolute atomic E-state index is 13.3. The number of hydrogen-bond acceptors (Lipinski definition) is 2. The van der Waals surface area contributed by atoms with Gasteiger partial charge in [0.1, 0.15) is 5.82 Å². The van der Waals surface area contributed by atoms with E-state index < -0.39 is 0 Å². The van der Waals surface area contributed by atoms with Gasteiger partial charge in [-0.2, -0.15) is 0 Å². The first-order chi connectivity index (χ1) is 7.36. The molecule has 1 nitrogen and oxygen atoms in total. The fourth-order valence-corrected chi connectivity index (χ4v) is 2.08. The molecule has 0 unspecified atom stereocenters. The minimum absolute atomic E-state index is 0.140. The molecule has 0 atom stereocenters. The summed E-state index contributed by atoms with van der Waals surface area (Å²) in [7, 11) is 0. The zero-order chi connectivity index (χ0) is 10.5. The Kier molecular flexibility index (Phi) is 3.35. The van der Waals surface area contributed by atoms with E-state index in [0.717, 1.165) is 10.5 Å². The van der Waals surface area contributed by atoms with Gasteiger partial charge in [0.05, 0.1) is 0 Å². The highest BCUT2D eigenvalue weighted by molar-refractivity contribution is 7.98. The van der Waals surface area contributed by atoms with Crippen LogP contribution in [0.1, 0.15) is 5.56 Å². The first kappa shape index (κ1) is 10.2. The van der Waals surface area contributed by atoms with Crippen molar-refractivity contribution in [1.29, 1.82) is 0 Å². The summed E-state index contributed by atoms with van der Waals surface area (Å²) >= 11 is 1.61. The Morgan fingerprint density at radius 2 is 1.80 bits per heavy atom. The molecule has 15 heavy (non-hydrogen) atoms. The van der Waals surface area contributed by atoms with Gasteiger partial charge < -0.3 is 0 Å². The van der Waals surface area contributed by atoms with Crippen LogP contribution in [0.2, 0.25) is 0 Å². The Hall–Kier alpha value is -1.35. The third-order valence-electron chi connectivity index (χ3n) is 2.00. The Morgan fingerprint density at radius 3 is 2.53 bits per heavy atom. The van der Waals surface area contributed by atoms with Crippen molar-refractivity contribution in [2.45, 2.75) is 10.6 Å². The molecule has 2 rings (SSSR count). The molecule has 0 N–H and O–H groups in total. The van der Waals surface area contributed by atoms with Crippen LogP contribution < -0.4 is 0 Å². The van der Waals surface area contributed by atoms with E-state index in [1.807, 2.05) is 24.3 Å². The smallest absolute Gasteiger partial charge is 0.127 e. The summed E-state index contributed by atoms with van der Waals surface area (Å²) in [5, 5.41) is 0. The molecule has 0 amide bonds. The van der Waals surface area contributed by atoms with Crippen LogP contribution in [0, 0.1) is 5.82 Å². The van der Waals surface area contributed by atoms with Crippen molar-refractivity contribution in [3.63, 3.8) is 0 Å².